The minimum Gasteiger partial charge on any atom is -0.497 e. The molecule has 0 aliphatic heterocycles. The van der Waals surface area contributed by atoms with Gasteiger partial charge >= 0.3 is 6.03 Å². The Bertz CT molecular complexity index is 755. The molecule has 3 N–H and O–H groups in total. The van der Waals surface area contributed by atoms with Crippen molar-refractivity contribution < 1.29 is 14.3 Å². The second-order valence-corrected chi connectivity index (χ2v) is 6.03. The van der Waals surface area contributed by atoms with E-state index in [9.17, 15) is 9.59 Å². The molecule has 3 amide bonds. The molecule has 1 aliphatic carbocycles. The van der Waals surface area contributed by atoms with Crippen LogP contribution in [-0.4, -0.2) is 25.1 Å². The molecule has 2 aromatic carbocycles. The van der Waals surface area contributed by atoms with Gasteiger partial charge in [0, 0.05) is 23.5 Å². The van der Waals surface area contributed by atoms with Crippen LogP contribution < -0.4 is 20.7 Å². The Morgan fingerprint density at radius 3 is 2.44 bits per heavy atom. The van der Waals surface area contributed by atoms with Gasteiger partial charge in [0.2, 0.25) is 5.91 Å². The largest absolute Gasteiger partial charge is 0.497 e. The number of nitrogens with one attached hydrogen (secondary N) is 3. The van der Waals surface area contributed by atoms with Crippen LogP contribution in [0.15, 0.2) is 48.5 Å². The lowest BCUT2D eigenvalue weighted by molar-refractivity contribution is -0.120. The van der Waals surface area contributed by atoms with Gasteiger partial charge in [-0.2, -0.15) is 0 Å². The predicted octanol–water partition coefficient (Wildman–Crippen LogP) is 3.16. The van der Waals surface area contributed by atoms with Crippen molar-refractivity contribution in [1.82, 2.24) is 5.32 Å². The third-order valence-electron chi connectivity index (χ3n) is 3.85. The molecule has 3 rings (SSSR count). The SMILES string of the molecule is COc1cccc(NC(=O)Nc2ccc(CC(=O)NC3CC3)cc2)c1. The Hall–Kier alpha value is -3.02. The van der Waals surface area contributed by atoms with Crippen LogP contribution in [0.5, 0.6) is 5.75 Å². The van der Waals surface area contributed by atoms with Gasteiger partial charge in [0.1, 0.15) is 5.75 Å². The number of methoxy groups -OCH3 is 1. The van der Waals surface area contributed by atoms with Gasteiger partial charge in [-0.1, -0.05) is 18.2 Å². The molecule has 0 aromatic heterocycles. The summed E-state index contributed by atoms with van der Waals surface area (Å²) in [5, 5.41) is 8.46. The minimum absolute atomic E-state index is 0.0407. The Kier molecular flexibility index (Phi) is 5.18. The van der Waals surface area contributed by atoms with Crippen LogP contribution in [0.4, 0.5) is 16.2 Å². The fraction of sp³-hybridized carbons (Fsp3) is 0.263. The molecule has 0 spiro atoms. The molecule has 6 heteroatoms. The number of amides is 3. The molecule has 25 heavy (non-hydrogen) atoms. The van der Waals surface area contributed by atoms with Crippen molar-refractivity contribution in [1.29, 1.82) is 0 Å². The number of carbonyl (C=O) groups is 2. The van der Waals surface area contributed by atoms with Crippen molar-refractivity contribution in [2.45, 2.75) is 25.3 Å². The third-order valence-corrected chi connectivity index (χ3v) is 3.85. The summed E-state index contributed by atoms with van der Waals surface area (Å²) >= 11 is 0. The Balaban J connectivity index is 1.51. The fourth-order valence-electron chi connectivity index (χ4n) is 2.39. The van der Waals surface area contributed by atoms with Crippen molar-refractivity contribution in [3.63, 3.8) is 0 Å². The quantitative estimate of drug-likeness (QED) is 0.756. The summed E-state index contributed by atoms with van der Waals surface area (Å²) in [6.45, 7) is 0. The molecule has 0 unspecified atom stereocenters. The molecule has 0 radical (unpaired) electrons. The van der Waals surface area contributed by atoms with Gasteiger partial charge in [-0.25, -0.2) is 4.79 Å². The Labute approximate surface area is 146 Å². The molecule has 1 aliphatic rings. The van der Waals surface area contributed by atoms with E-state index in [1.807, 2.05) is 12.1 Å². The van der Waals surface area contributed by atoms with Gasteiger partial charge in [-0.15, -0.1) is 0 Å². The zero-order valence-electron chi connectivity index (χ0n) is 14.0. The van der Waals surface area contributed by atoms with E-state index in [-0.39, 0.29) is 11.9 Å². The van der Waals surface area contributed by atoms with Crippen LogP contribution in [0.2, 0.25) is 0 Å². The van der Waals surface area contributed by atoms with Crippen LogP contribution in [0.1, 0.15) is 18.4 Å². The van der Waals surface area contributed by atoms with Crippen molar-refractivity contribution in [2.24, 2.45) is 0 Å². The highest BCUT2D eigenvalue weighted by Crippen LogP contribution is 2.19. The first kappa shape index (κ1) is 16.8. The van der Waals surface area contributed by atoms with E-state index in [2.05, 4.69) is 16.0 Å². The zero-order chi connectivity index (χ0) is 17.6. The van der Waals surface area contributed by atoms with Crippen LogP contribution in [0.3, 0.4) is 0 Å². The smallest absolute Gasteiger partial charge is 0.323 e. The van der Waals surface area contributed by atoms with Crippen LogP contribution >= 0.6 is 0 Å². The Morgan fingerprint density at radius 1 is 1.04 bits per heavy atom. The monoisotopic (exact) mass is 339 g/mol. The second-order valence-electron chi connectivity index (χ2n) is 6.03. The summed E-state index contributed by atoms with van der Waals surface area (Å²) in [7, 11) is 1.58. The fourth-order valence-corrected chi connectivity index (χ4v) is 2.39. The first-order chi connectivity index (χ1) is 12.1. The number of anilines is 2. The maximum absolute atomic E-state index is 12.0. The van der Waals surface area contributed by atoms with Crippen molar-refractivity contribution in [2.75, 3.05) is 17.7 Å². The van der Waals surface area contributed by atoms with Crippen molar-refractivity contribution >= 4 is 23.3 Å². The van der Waals surface area contributed by atoms with Gasteiger partial charge in [0.05, 0.1) is 13.5 Å². The molecule has 1 saturated carbocycles. The van der Waals surface area contributed by atoms with Crippen molar-refractivity contribution in [3.05, 3.63) is 54.1 Å². The minimum atomic E-state index is -0.340. The highest BCUT2D eigenvalue weighted by atomic mass is 16.5. The summed E-state index contributed by atoms with van der Waals surface area (Å²) in [5.74, 6) is 0.714. The van der Waals surface area contributed by atoms with E-state index < -0.39 is 0 Å². The highest BCUT2D eigenvalue weighted by molar-refractivity contribution is 5.99. The first-order valence-electron chi connectivity index (χ1n) is 8.23. The number of ether oxygens (including phenoxy) is 1. The lowest BCUT2D eigenvalue weighted by atomic mass is 10.1. The standard InChI is InChI=1S/C19H21N3O3/c1-25-17-4-2-3-16(12-17)22-19(24)21-15-7-5-13(6-8-15)11-18(23)20-14-9-10-14/h2-8,12,14H,9-11H2,1H3,(H,20,23)(H2,21,22,24). The molecule has 0 saturated heterocycles. The number of urea groups is 1. The number of hydrogen-bond donors (Lipinski definition) is 3. The van der Waals surface area contributed by atoms with E-state index >= 15 is 0 Å². The summed E-state index contributed by atoms with van der Waals surface area (Å²) in [6.07, 6.45) is 2.51. The number of hydrogen-bond acceptors (Lipinski definition) is 3. The predicted molar refractivity (Wildman–Crippen MR) is 96.9 cm³/mol. The topological polar surface area (TPSA) is 79.5 Å². The first-order valence-corrected chi connectivity index (χ1v) is 8.23. The average molecular weight is 339 g/mol. The van der Waals surface area contributed by atoms with Gasteiger partial charge in [0.25, 0.3) is 0 Å². The highest BCUT2D eigenvalue weighted by Gasteiger charge is 2.22. The van der Waals surface area contributed by atoms with Crippen LogP contribution in [0, 0.1) is 0 Å². The Morgan fingerprint density at radius 2 is 1.76 bits per heavy atom. The zero-order valence-corrected chi connectivity index (χ0v) is 14.0. The number of benzene rings is 2. The molecule has 1 fully saturated rings. The molecule has 0 atom stereocenters. The molecule has 0 heterocycles. The van der Waals surface area contributed by atoms with Crippen molar-refractivity contribution in [3.8, 4) is 5.75 Å². The normalized spacial score (nSPS) is 13.0. The molecule has 2 aromatic rings. The van der Waals surface area contributed by atoms with Crippen LogP contribution in [0.25, 0.3) is 0 Å². The van der Waals surface area contributed by atoms with E-state index in [0.29, 0.717) is 29.6 Å². The molecule has 130 valence electrons. The number of carbonyl (C=O) groups excluding carboxylic acids is 2. The van der Waals surface area contributed by atoms with Crippen LogP contribution in [-0.2, 0) is 11.2 Å². The molecular formula is C19H21N3O3. The number of rotatable bonds is 6. The van der Waals surface area contributed by atoms with E-state index in [4.69, 9.17) is 4.74 Å². The second kappa shape index (κ2) is 7.70. The van der Waals surface area contributed by atoms with E-state index in [1.165, 1.54) is 0 Å². The van der Waals surface area contributed by atoms with Gasteiger partial charge in [-0.05, 0) is 42.7 Å². The molecule has 0 bridgehead atoms. The summed E-state index contributed by atoms with van der Waals surface area (Å²) < 4.78 is 5.12. The third kappa shape index (κ3) is 5.24. The van der Waals surface area contributed by atoms with Gasteiger partial charge < -0.3 is 20.7 Å². The van der Waals surface area contributed by atoms with E-state index in [1.54, 1.807) is 43.5 Å². The van der Waals surface area contributed by atoms with Gasteiger partial charge in [-0.3, -0.25) is 4.79 Å². The lowest BCUT2D eigenvalue weighted by Gasteiger charge is -2.09. The molecule has 6 nitrogen and oxygen atoms in total. The summed E-state index contributed by atoms with van der Waals surface area (Å²) in [5.41, 5.74) is 2.22. The summed E-state index contributed by atoms with van der Waals surface area (Å²) in [4.78, 5) is 23.8. The molecular weight excluding hydrogens is 318 g/mol. The lowest BCUT2D eigenvalue weighted by Crippen LogP contribution is -2.26. The summed E-state index contributed by atoms with van der Waals surface area (Å²) in [6, 6.07) is 14.4. The van der Waals surface area contributed by atoms with E-state index in [0.717, 1.165) is 18.4 Å². The van der Waals surface area contributed by atoms with Gasteiger partial charge in [0.15, 0.2) is 0 Å². The average Bonchev–Trinajstić information content (AvgIpc) is 3.40. The maximum atomic E-state index is 12.0. The maximum Gasteiger partial charge on any atom is 0.323 e.